The Morgan fingerprint density at radius 1 is 1.15 bits per heavy atom. The van der Waals surface area contributed by atoms with Crippen LogP contribution in [0.1, 0.15) is 43.0 Å². The Balaban J connectivity index is 1.93. The zero-order valence-electron chi connectivity index (χ0n) is 11.9. The molecule has 1 aromatic carbocycles. The van der Waals surface area contributed by atoms with Gasteiger partial charge < -0.3 is 4.90 Å². The molecule has 0 N–H and O–H groups in total. The predicted octanol–water partition coefficient (Wildman–Crippen LogP) is 3.38. The van der Waals surface area contributed by atoms with Gasteiger partial charge in [0.05, 0.1) is 5.25 Å². The van der Waals surface area contributed by atoms with Gasteiger partial charge in [0.1, 0.15) is 6.29 Å². The number of aldehydes is 1. The lowest BCUT2D eigenvalue weighted by Crippen LogP contribution is -2.37. The van der Waals surface area contributed by atoms with Crippen LogP contribution in [0, 0.1) is 0 Å². The molecule has 20 heavy (non-hydrogen) atoms. The van der Waals surface area contributed by atoms with Crippen LogP contribution in [0.2, 0.25) is 0 Å². The van der Waals surface area contributed by atoms with Crippen LogP contribution >= 0.6 is 11.8 Å². The zero-order valence-corrected chi connectivity index (χ0v) is 12.7. The van der Waals surface area contributed by atoms with Crippen molar-refractivity contribution in [3.63, 3.8) is 0 Å². The Labute approximate surface area is 124 Å². The normalized spacial score (nSPS) is 17.4. The second kappa shape index (κ2) is 7.48. The Bertz CT molecular complexity index is 450. The van der Waals surface area contributed by atoms with Crippen molar-refractivity contribution >= 4 is 24.0 Å². The number of nitrogens with zero attached hydrogens (tertiary/aromatic N) is 1. The molecule has 1 aliphatic heterocycles. The fourth-order valence-corrected chi connectivity index (χ4v) is 3.38. The Morgan fingerprint density at radius 2 is 1.75 bits per heavy atom. The number of benzene rings is 1. The Kier molecular flexibility index (Phi) is 5.65. The first-order valence-electron chi connectivity index (χ1n) is 7.21. The summed E-state index contributed by atoms with van der Waals surface area (Å²) in [6.07, 6.45) is 5.55. The maximum atomic E-state index is 12.4. The molecule has 1 unspecified atom stereocenters. The minimum absolute atomic E-state index is 0.0739. The summed E-state index contributed by atoms with van der Waals surface area (Å²) < 4.78 is 0. The molecule has 1 atom stereocenters. The van der Waals surface area contributed by atoms with Gasteiger partial charge >= 0.3 is 0 Å². The van der Waals surface area contributed by atoms with Gasteiger partial charge in [0, 0.05) is 23.5 Å². The Hall–Kier alpha value is -1.29. The van der Waals surface area contributed by atoms with Gasteiger partial charge in [-0.1, -0.05) is 25.0 Å². The number of amides is 1. The fourth-order valence-electron chi connectivity index (χ4n) is 2.43. The summed E-state index contributed by atoms with van der Waals surface area (Å²) in [7, 11) is 0. The van der Waals surface area contributed by atoms with Gasteiger partial charge in [-0.2, -0.15) is 0 Å². The number of hydrogen-bond acceptors (Lipinski definition) is 3. The van der Waals surface area contributed by atoms with E-state index in [1.807, 2.05) is 24.0 Å². The molecule has 0 radical (unpaired) electrons. The second-order valence-electron chi connectivity index (χ2n) is 5.19. The molecule has 4 heteroatoms. The summed E-state index contributed by atoms with van der Waals surface area (Å²) in [4.78, 5) is 26.1. The number of carbonyl (C=O) groups is 2. The largest absolute Gasteiger partial charge is 0.342 e. The molecule has 3 nitrogen and oxygen atoms in total. The van der Waals surface area contributed by atoms with Crippen LogP contribution in [0.15, 0.2) is 29.2 Å². The minimum atomic E-state index is -0.0739. The zero-order chi connectivity index (χ0) is 14.4. The van der Waals surface area contributed by atoms with Crippen LogP contribution in [0.5, 0.6) is 0 Å². The lowest BCUT2D eigenvalue weighted by molar-refractivity contribution is -0.130. The average Bonchev–Trinajstić information content (AvgIpc) is 2.76. The summed E-state index contributed by atoms with van der Waals surface area (Å²) in [6, 6.07) is 7.39. The predicted molar refractivity (Wildman–Crippen MR) is 82.2 cm³/mol. The van der Waals surface area contributed by atoms with Crippen LogP contribution < -0.4 is 0 Å². The topological polar surface area (TPSA) is 37.4 Å². The van der Waals surface area contributed by atoms with Crippen molar-refractivity contribution in [3.8, 4) is 0 Å². The average molecular weight is 291 g/mol. The van der Waals surface area contributed by atoms with Crippen LogP contribution in [-0.2, 0) is 4.79 Å². The van der Waals surface area contributed by atoms with Gasteiger partial charge in [-0.05, 0) is 31.9 Å². The summed E-state index contributed by atoms with van der Waals surface area (Å²) in [6.45, 7) is 3.76. The number of likely N-dealkylation sites (tertiary alicyclic amines) is 1. The molecule has 1 fully saturated rings. The number of rotatable bonds is 4. The summed E-state index contributed by atoms with van der Waals surface area (Å²) >= 11 is 1.56. The smallest absolute Gasteiger partial charge is 0.235 e. The van der Waals surface area contributed by atoms with Crippen molar-refractivity contribution in [2.75, 3.05) is 13.1 Å². The lowest BCUT2D eigenvalue weighted by atomic mass is 10.2. The first-order chi connectivity index (χ1) is 9.70. The highest BCUT2D eigenvalue weighted by molar-refractivity contribution is 8.00. The van der Waals surface area contributed by atoms with Crippen LogP contribution in [0.4, 0.5) is 0 Å². The lowest BCUT2D eigenvalue weighted by Gasteiger charge is -2.23. The first-order valence-corrected chi connectivity index (χ1v) is 8.09. The van der Waals surface area contributed by atoms with Gasteiger partial charge in [-0.15, -0.1) is 11.8 Å². The van der Waals surface area contributed by atoms with Crippen molar-refractivity contribution in [1.29, 1.82) is 0 Å². The van der Waals surface area contributed by atoms with E-state index in [0.717, 1.165) is 37.1 Å². The van der Waals surface area contributed by atoms with E-state index in [2.05, 4.69) is 0 Å². The first kappa shape index (κ1) is 15.1. The molecular weight excluding hydrogens is 270 g/mol. The standard InChI is InChI=1S/C16H21NO2S/c1-13(16(19)17-10-4-2-3-5-11-17)20-15-8-6-14(12-18)7-9-15/h6-9,12-13H,2-5,10-11H2,1H3. The summed E-state index contributed by atoms with van der Waals surface area (Å²) in [5.41, 5.74) is 0.667. The van der Waals surface area contributed by atoms with E-state index in [1.54, 1.807) is 23.9 Å². The number of hydrogen-bond donors (Lipinski definition) is 0. The molecular formula is C16H21NO2S. The Morgan fingerprint density at radius 3 is 2.30 bits per heavy atom. The molecule has 1 amide bonds. The highest BCUT2D eigenvalue weighted by Gasteiger charge is 2.22. The summed E-state index contributed by atoms with van der Waals surface area (Å²) in [5, 5.41) is -0.0739. The quantitative estimate of drug-likeness (QED) is 0.630. The van der Waals surface area contributed by atoms with E-state index in [9.17, 15) is 9.59 Å². The molecule has 0 saturated carbocycles. The summed E-state index contributed by atoms with van der Waals surface area (Å²) in [5.74, 6) is 0.233. The van der Waals surface area contributed by atoms with Crippen molar-refractivity contribution in [2.45, 2.75) is 42.8 Å². The second-order valence-corrected chi connectivity index (χ2v) is 6.60. The van der Waals surface area contributed by atoms with Gasteiger partial charge in [-0.25, -0.2) is 0 Å². The molecule has 0 spiro atoms. The molecule has 0 bridgehead atoms. The van der Waals surface area contributed by atoms with E-state index in [4.69, 9.17) is 0 Å². The number of carbonyl (C=O) groups excluding carboxylic acids is 2. The van der Waals surface area contributed by atoms with E-state index in [-0.39, 0.29) is 11.2 Å². The fraction of sp³-hybridized carbons (Fsp3) is 0.500. The maximum Gasteiger partial charge on any atom is 0.235 e. The van der Waals surface area contributed by atoms with E-state index >= 15 is 0 Å². The monoisotopic (exact) mass is 291 g/mol. The van der Waals surface area contributed by atoms with Gasteiger partial charge in [0.25, 0.3) is 0 Å². The molecule has 0 aromatic heterocycles. The molecule has 1 aliphatic rings. The van der Waals surface area contributed by atoms with Gasteiger partial charge in [0.2, 0.25) is 5.91 Å². The van der Waals surface area contributed by atoms with Crippen molar-refractivity contribution < 1.29 is 9.59 Å². The third kappa shape index (κ3) is 4.10. The van der Waals surface area contributed by atoms with Crippen LogP contribution in [0.25, 0.3) is 0 Å². The van der Waals surface area contributed by atoms with Gasteiger partial charge in [-0.3, -0.25) is 9.59 Å². The molecule has 1 heterocycles. The van der Waals surface area contributed by atoms with E-state index in [0.29, 0.717) is 5.56 Å². The molecule has 1 aromatic rings. The third-order valence-electron chi connectivity index (χ3n) is 3.59. The molecule has 0 aliphatic carbocycles. The van der Waals surface area contributed by atoms with Crippen LogP contribution in [0.3, 0.4) is 0 Å². The minimum Gasteiger partial charge on any atom is -0.342 e. The van der Waals surface area contributed by atoms with E-state index in [1.165, 1.54) is 12.8 Å². The number of thioether (sulfide) groups is 1. The maximum absolute atomic E-state index is 12.4. The SMILES string of the molecule is CC(Sc1ccc(C=O)cc1)C(=O)N1CCCCCC1. The highest BCUT2D eigenvalue weighted by Crippen LogP contribution is 2.25. The van der Waals surface area contributed by atoms with Crippen molar-refractivity contribution in [1.82, 2.24) is 4.90 Å². The molecule has 1 saturated heterocycles. The highest BCUT2D eigenvalue weighted by atomic mass is 32.2. The third-order valence-corrected chi connectivity index (χ3v) is 4.69. The molecule has 108 valence electrons. The molecule has 2 rings (SSSR count). The van der Waals surface area contributed by atoms with Crippen molar-refractivity contribution in [3.05, 3.63) is 29.8 Å². The van der Waals surface area contributed by atoms with E-state index < -0.39 is 0 Å². The van der Waals surface area contributed by atoms with Crippen LogP contribution in [-0.4, -0.2) is 35.4 Å². The van der Waals surface area contributed by atoms with Crippen molar-refractivity contribution in [2.24, 2.45) is 0 Å². The van der Waals surface area contributed by atoms with Gasteiger partial charge in [0.15, 0.2) is 0 Å².